The molecular weight excluding hydrogens is 287 g/mol. The largest absolute Gasteiger partial charge is 0.457 e. The Hall–Kier alpha value is -3.15. The number of carbonyl (C=O) groups excluding carboxylic acids is 1. The van der Waals surface area contributed by atoms with E-state index in [9.17, 15) is 9.18 Å². The second-order valence-corrected chi connectivity index (χ2v) is 4.48. The number of nitrogens with two attached hydrogens (primary N) is 1. The fourth-order valence-electron chi connectivity index (χ4n) is 1.82. The summed E-state index contributed by atoms with van der Waals surface area (Å²) >= 11 is 0. The van der Waals surface area contributed by atoms with E-state index in [1.807, 2.05) is 0 Å². The summed E-state index contributed by atoms with van der Waals surface area (Å²) in [6, 6.07) is 12.6. The Kier molecular flexibility index (Phi) is 3.57. The third-order valence-electron chi connectivity index (χ3n) is 2.91. The maximum absolute atomic E-state index is 12.8. The number of hydrogen-bond acceptors (Lipinski definition) is 4. The molecule has 3 rings (SSSR count). The molecule has 5 nitrogen and oxygen atoms in total. The normalized spacial score (nSPS) is 10.4. The van der Waals surface area contributed by atoms with Crippen molar-refractivity contribution in [2.75, 3.05) is 0 Å². The number of primary amides is 1. The summed E-state index contributed by atoms with van der Waals surface area (Å²) in [6.45, 7) is 0. The number of carbonyl (C=O) groups is 1. The van der Waals surface area contributed by atoms with Crippen LogP contribution in [0.2, 0.25) is 0 Å². The number of oxazole rings is 1. The summed E-state index contributed by atoms with van der Waals surface area (Å²) < 4.78 is 23.6. The molecule has 0 fully saturated rings. The molecule has 1 amide bonds. The van der Waals surface area contributed by atoms with Gasteiger partial charge in [-0.25, -0.2) is 9.37 Å². The standard InChI is InChI=1S/C16H11FN2O3/c17-11-3-7-13(8-4-11)22-12-5-1-10(2-6-12)16-19-14(9-21-16)15(18)20/h1-9H,(H2,18,20). The number of amides is 1. The van der Waals surface area contributed by atoms with Crippen LogP contribution in [0.4, 0.5) is 4.39 Å². The number of nitrogens with zero attached hydrogens (tertiary/aromatic N) is 1. The van der Waals surface area contributed by atoms with Crippen LogP contribution < -0.4 is 10.5 Å². The summed E-state index contributed by atoms with van der Waals surface area (Å²) in [5, 5.41) is 0. The van der Waals surface area contributed by atoms with Crippen LogP contribution in [-0.4, -0.2) is 10.9 Å². The van der Waals surface area contributed by atoms with Crippen molar-refractivity contribution in [2.24, 2.45) is 5.73 Å². The third kappa shape index (κ3) is 2.95. The zero-order valence-corrected chi connectivity index (χ0v) is 11.3. The Labute approximate surface area is 125 Å². The van der Waals surface area contributed by atoms with E-state index in [2.05, 4.69) is 4.98 Å². The first kappa shape index (κ1) is 13.8. The molecule has 0 unspecified atom stereocenters. The molecule has 0 radical (unpaired) electrons. The zero-order chi connectivity index (χ0) is 15.5. The van der Waals surface area contributed by atoms with Crippen molar-refractivity contribution < 1.29 is 18.3 Å². The molecule has 6 heteroatoms. The lowest BCUT2D eigenvalue weighted by molar-refractivity contribution is 0.0995. The Morgan fingerprint density at radius 3 is 2.18 bits per heavy atom. The average molecular weight is 298 g/mol. The van der Waals surface area contributed by atoms with Crippen molar-refractivity contribution in [3.63, 3.8) is 0 Å². The lowest BCUT2D eigenvalue weighted by atomic mass is 10.2. The highest BCUT2D eigenvalue weighted by molar-refractivity contribution is 5.90. The maximum Gasteiger partial charge on any atom is 0.270 e. The number of halogens is 1. The summed E-state index contributed by atoms with van der Waals surface area (Å²) in [5.74, 6) is 0.434. The van der Waals surface area contributed by atoms with Crippen molar-refractivity contribution in [3.05, 3.63) is 66.3 Å². The van der Waals surface area contributed by atoms with Crippen molar-refractivity contribution in [1.82, 2.24) is 4.98 Å². The van der Waals surface area contributed by atoms with Crippen molar-refractivity contribution in [3.8, 4) is 23.0 Å². The zero-order valence-electron chi connectivity index (χ0n) is 11.3. The van der Waals surface area contributed by atoms with Crippen LogP contribution in [0, 0.1) is 5.82 Å². The van der Waals surface area contributed by atoms with Gasteiger partial charge in [-0.2, -0.15) is 0 Å². The lowest BCUT2D eigenvalue weighted by Crippen LogP contribution is -2.10. The quantitative estimate of drug-likeness (QED) is 0.801. The van der Waals surface area contributed by atoms with Crippen LogP contribution in [-0.2, 0) is 0 Å². The van der Waals surface area contributed by atoms with Crippen molar-refractivity contribution in [1.29, 1.82) is 0 Å². The van der Waals surface area contributed by atoms with E-state index >= 15 is 0 Å². The predicted octanol–water partition coefficient (Wildman–Crippen LogP) is 3.37. The molecule has 0 atom stereocenters. The number of rotatable bonds is 4. The van der Waals surface area contributed by atoms with E-state index in [4.69, 9.17) is 14.9 Å². The molecule has 0 aliphatic heterocycles. The molecule has 2 N–H and O–H groups in total. The first-order valence-electron chi connectivity index (χ1n) is 6.41. The van der Waals surface area contributed by atoms with Gasteiger partial charge in [-0.3, -0.25) is 4.79 Å². The smallest absolute Gasteiger partial charge is 0.270 e. The molecule has 0 saturated carbocycles. The van der Waals surface area contributed by atoms with E-state index < -0.39 is 5.91 Å². The van der Waals surface area contributed by atoms with Gasteiger partial charge in [0.2, 0.25) is 5.89 Å². The van der Waals surface area contributed by atoms with Gasteiger partial charge >= 0.3 is 0 Å². The van der Waals surface area contributed by atoms with Gasteiger partial charge in [0.15, 0.2) is 5.69 Å². The van der Waals surface area contributed by atoms with Crippen LogP contribution >= 0.6 is 0 Å². The molecule has 0 aliphatic rings. The van der Waals surface area contributed by atoms with Crippen LogP contribution in [0.15, 0.2) is 59.2 Å². The molecule has 0 spiro atoms. The monoisotopic (exact) mass is 298 g/mol. The fourth-order valence-corrected chi connectivity index (χ4v) is 1.82. The first-order chi connectivity index (χ1) is 10.6. The minimum Gasteiger partial charge on any atom is -0.457 e. The van der Waals surface area contributed by atoms with E-state index in [1.54, 1.807) is 24.3 Å². The number of aromatic nitrogens is 1. The number of ether oxygens (including phenoxy) is 1. The highest BCUT2D eigenvalue weighted by atomic mass is 19.1. The Balaban J connectivity index is 1.77. The minimum absolute atomic E-state index is 0.0710. The first-order valence-corrected chi connectivity index (χ1v) is 6.41. The molecule has 1 heterocycles. The summed E-state index contributed by atoms with van der Waals surface area (Å²) in [6.07, 6.45) is 1.21. The number of benzene rings is 2. The van der Waals surface area contributed by atoms with Gasteiger partial charge in [0.1, 0.15) is 23.6 Å². The van der Waals surface area contributed by atoms with Gasteiger partial charge in [-0.05, 0) is 48.5 Å². The number of hydrogen-bond donors (Lipinski definition) is 1. The molecular formula is C16H11FN2O3. The molecule has 22 heavy (non-hydrogen) atoms. The van der Waals surface area contributed by atoms with Crippen molar-refractivity contribution in [2.45, 2.75) is 0 Å². The van der Waals surface area contributed by atoms with Gasteiger partial charge in [0.05, 0.1) is 0 Å². The Bertz CT molecular complexity index is 795. The second kappa shape index (κ2) is 5.69. The lowest BCUT2D eigenvalue weighted by Gasteiger charge is -2.05. The second-order valence-electron chi connectivity index (χ2n) is 4.48. The van der Waals surface area contributed by atoms with Crippen LogP contribution in [0.5, 0.6) is 11.5 Å². The maximum atomic E-state index is 12.8. The summed E-state index contributed by atoms with van der Waals surface area (Å²) in [7, 11) is 0. The fraction of sp³-hybridized carbons (Fsp3) is 0. The molecule has 0 bridgehead atoms. The molecule has 0 aliphatic carbocycles. The van der Waals surface area contributed by atoms with Gasteiger partial charge in [-0.1, -0.05) is 0 Å². The predicted molar refractivity (Wildman–Crippen MR) is 76.9 cm³/mol. The third-order valence-corrected chi connectivity index (χ3v) is 2.91. The average Bonchev–Trinajstić information content (AvgIpc) is 3.00. The molecule has 1 aromatic heterocycles. The van der Waals surface area contributed by atoms with Crippen LogP contribution in [0.3, 0.4) is 0 Å². The van der Waals surface area contributed by atoms with Crippen LogP contribution in [0.25, 0.3) is 11.5 Å². The Morgan fingerprint density at radius 2 is 1.64 bits per heavy atom. The van der Waals surface area contributed by atoms with Gasteiger partial charge in [0, 0.05) is 5.56 Å². The molecule has 2 aromatic carbocycles. The van der Waals surface area contributed by atoms with E-state index in [0.717, 1.165) is 0 Å². The SMILES string of the molecule is NC(=O)c1coc(-c2ccc(Oc3ccc(F)cc3)cc2)n1. The van der Waals surface area contributed by atoms with Gasteiger partial charge < -0.3 is 14.9 Å². The summed E-state index contributed by atoms with van der Waals surface area (Å²) in [5.41, 5.74) is 5.87. The molecule has 3 aromatic rings. The molecule has 110 valence electrons. The topological polar surface area (TPSA) is 78.4 Å². The van der Waals surface area contributed by atoms with Crippen molar-refractivity contribution >= 4 is 5.91 Å². The summed E-state index contributed by atoms with van der Waals surface area (Å²) in [4.78, 5) is 15.0. The van der Waals surface area contributed by atoms with Gasteiger partial charge in [-0.15, -0.1) is 0 Å². The minimum atomic E-state index is -0.647. The van der Waals surface area contributed by atoms with E-state index in [1.165, 1.54) is 30.5 Å². The van der Waals surface area contributed by atoms with Gasteiger partial charge in [0.25, 0.3) is 5.91 Å². The Morgan fingerprint density at radius 1 is 1.05 bits per heavy atom. The van der Waals surface area contributed by atoms with E-state index in [-0.39, 0.29) is 11.5 Å². The highest BCUT2D eigenvalue weighted by Crippen LogP contribution is 2.25. The highest BCUT2D eigenvalue weighted by Gasteiger charge is 2.10. The molecule has 0 saturated heterocycles. The van der Waals surface area contributed by atoms with E-state index in [0.29, 0.717) is 23.0 Å². The van der Waals surface area contributed by atoms with Crippen LogP contribution in [0.1, 0.15) is 10.5 Å².